The molecule has 1 aliphatic rings. The molecule has 2 amide bonds. The number of amides is 2. The van der Waals surface area contributed by atoms with Crippen LogP contribution in [-0.2, 0) is 16.0 Å². The van der Waals surface area contributed by atoms with E-state index in [0.29, 0.717) is 39.0 Å². The quantitative estimate of drug-likeness (QED) is 0.761. The number of aryl methyl sites for hydroxylation is 2. The third kappa shape index (κ3) is 6.03. The molecule has 0 N–H and O–H groups in total. The fourth-order valence-electron chi connectivity index (χ4n) is 2.72. The van der Waals surface area contributed by atoms with E-state index in [2.05, 4.69) is 34.1 Å². The molecular weight excluding hydrogens is 384 g/mol. The summed E-state index contributed by atoms with van der Waals surface area (Å²) in [6.45, 7) is 9.78. The summed E-state index contributed by atoms with van der Waals surface area (Å²) >= 11 is 3.56. The molecule has 0 saturated carbocycles. The van der Waals surface area contributed by atoms with E-state index >= 15 is 0 Å². The van der Waals surface area contributed by atoms with Gasteiger partial charge >= 0.3 is 6.09 Å². The Morgan fingerprint density at radius 1 is 1.12 bits per heavy atom. The van der Waals surface area contributed by atoms with Crippen molar-refractivity contribution >= 4 is 27.9 Å². The lowest BCUT2D eigenvalue weighted by atomic mass is 10.1. The van der Waals surface area contributed by atoms with Gasteiger partial charge in [0, 0.05) is 37.1 Å². The van der Waals surface area contributed by atoms with Gasteiger partial charge in [-0.15, -0.1) is 0 Å². The van der Waals surface area contributed by atoms with E-state index in [1.165, 1.54) is 5.56 Å². The van der Waals surface area contributed by atoms with Crippen LogP contribution in [0.5, 0.6) is 0 Å². The van der Waals surface area contributed by atoms with Crippen LogP contribution in [0.25, 0.3) is 0 Å². The lowest BCUT2D eigenvalue weighted by Gasteiger charge is -2.35. The first kappa shape index (κ1) is 19.8. The second kappa shape index (κ2) is 8.21. The number of piperazine rings is 1. The Labute approximate surface area is 158 Å². The monoisotopic (exact) mass is 410 g/mol. The van der Waals surface area contributed by atoms with Crippen molar-refractivity contribution in [3.63, 3.8) is 0 Å². The summed E-state index contributed by atoms with van der Waals surface area (Å²) in [6.07, 6.45) is 0.892. The number of hydrogen-bond acceptors (Lipinski definition) is 3. The number of ether oxygens (including phenoxy) is 1. The molecule has 1 fully saturated rings. The SMILES string of the molecule is Cc1ccc(CCC(=O)N2CCN(C(=O)OC(C)(C)C)CC2)c(Br)c1. The van der Waals surface area contributed by atoms with Crippen LogP contribution in [0.4, 0.5) is 4.79 Å². The zero-order valence-corrected chi connectivity index (χ0v) is 17.1. The van der Waals surface area contributed by atoms with Gasteiger partial charge in [0.1, 0.15) is 5.60 Å². The van der Waals surface area contributed by atoms with Crippen LogP contribution in [0.3, 0.4) is 0 Å². The van der Waals surface area contributed by atoms with Gasteiger partial charge in [0.15, 0.2) is 0 Å². The number of nitrogens with zero attached hydrogens (tertiary/aromatic N) is 2. The van der Waals surface area contributed by atoms with Gasteiger partial charge in [0.25, 0.3) is 0 Å². The van der Waals surface area contributed by atoms with Crippen LogP contribution in [0.1, 0.15) is 38.3 Å². The second-order valence-electron chi connectivity index (χ2n) is 7.44. The van der Waals surface area contributed by atoms with Gasteiger partial charge in [0.2, 0.25) is 5.91 Å². The minimum absolute atomic E-state index is 0.135. The molecule has 1 aliphatic heterocycles. The maximum Gasteiger partial charge on any atom is 0.410 e. The molecule has 138 valence electrons. The summed E-state index contributed by atoms with van der Waals surface area (Å²) in [4.78, 5) is 28.0. The Morgan fingerprint density at radius 2 is 1.72 bits per heavy atom. The van der Waals surface area contributed by atoms with E-state index < -0.39 is 5.60 Å². The highest BCUT2D eigenvalue weighted by atomic mass is 79.9. The number of carbonyl (C=O) groups excluding carboxylic acids is 2. The van der Waals surface area contributed by atoms with Crippen LogP contribution in [0, 0.1) is 6.92 Å². The summed E-state index contributed by atoms with van der Waals surface area (Å²) in [5, 5.41) is 0. The Bertz CT molecular complexity index is 632. The Kier molecular flexibility index (Phi) is 6.49. The fourth-order valence-corrected chi connectivity index (χ4v) is 3.41. The van der Waals surface area contributed by atoms with Crippen molar-refractivity contribution < 1.29 is 14.3 Å². The van der Waals surface area contributed by atoms with Gasteiger partial charge in [-0.05, 0) is 51.3 Å². The van der Waals surface area contributed by atoms with Crippen molar-refractivity contribution in [1.82, 2.24) is 9.80 Å². The molecule has 0 spiro atoms. The maximum atomic E-state index is 12.4. The third-order valence-corrected chi connectivity index (χ3v) is 4.84. The summed E-state index contributed by atoms with van der Waals surface area (Å²) in [6, 6.07) is 6.19. The Hall–Kier alpha value is -1.56. The number of hydrogen-bond donors (Lipinski definition) is 0. The van der Waals surface area contributed by atoms with Gasteiger partial charge in [-0.25, -0.2) is 4.79 Å². The van der Waals surface area contributed by atoms with E-state index in [1.807, 2.05) is 32.6 Å². The number of carbonyl (C=O) groups is 2. The van der Waals surface area contributed by atoms with Crippen LogP contribution < -0.4 is 0 Å². The molecule has 0 bridgehead atoms. The minimum atomic E-state index is -0.495. The van der Waals surface area contributed by atoms with Crippen LogP contribution in [-0.4, -0.2) is 53.6 Å². The van der Waals surface area contributed by atoms with Crippen molar-refractivity contribution in [2.24, 2.45) is 0 Å². The molecule has 1 aromatic rings. The predicted molar refractivity (Wildman–Crippen MR) is 102 cm³/mol. The van der Waals surface area contributed by atoms with Crippen molar-refractivity contribution in [3.8, 4) is 0 Å². The zero-order chi connectivity index (χ0) is 18.6. The van der Waals surface area contributed by atoms with Gasteiger partial charge in [-0.3, -0.25) is 4.79 Å². The maximum absolute atomic E-state index is 12.4. The zero-order valence-electron chi connectivity index (χ0n) is 15.5. The van der Waals surface area contributed by atoms with Crippen molar-refractivity contribution in [2.75, 3.05) is 26.2 Å². The molecular formula is C19H27BrN2O3. The highest BCUT2D eigenvalue weighted by Gasteiger charge is 2.27. The highest BCUT2D eigenvalue weighted by molar-refractivity contribution is 9.10. The molecule has 1 heterocycles. The highest BCUT2D eigenvalue weighted by Crippen LogP contribution is 2.20. The summed E-state index contributed by atoms with van der Waals surface area (Å²) in [5.74, 6) is 0.135. The topological polar surface area (TPSA) is 49.9 Å². The van der Waals surface area contributed by atoms with Gasteiger partial charge in [-0.1, -0.05) is 28.1 Å². The first-order valence-electron chi connectivity index (χ1n) is 8.66. The van der Waals surface area contributed by atoms with Crippen LogP contribution in [0.2, 0.25) is 0 Å². The van der Waals surface area contributed by atoms with E-state index in [4.69, 9.17) is 4.74 Å². The minimum Gasteiger partial charge on any atom is -0.444 e. The lowest BCUT2D eigenvalue weighted by molar-refractivity contribution is -0.132. The molecule has 25 heavy (non-hydrogen) atoms. The Balaban J connectivity index is 1.80. The van der Waals surface area contributed by atoms with E-state index in [9.17, 15) is 9.59 Å². The van der Waals surface area contributed by atoms with E-state index in [1.54, 1.807) is 4.90 Å². The lowest BCUT2D eigenvalue weighted by Crippen LogP contribution is -2.51. The van der Waals surface area contributed by atoms with Gasteiger partial charge in [0.05, 0.1) is 0 Å². The average molecular weight is 411 g/mol. The average Bonchev–Trinajstić information content (AvgIpc) is 2.52. The molecule has 2 rings (SSSR count). The summed E-state index contributed by atoms with van der Waals surface area (Å²) in [5.41, 5.74) is 1.84. The van der Waals surface area contributed by atoms with Crippen LogP contribution in [0.15, 0.2) is 22.7 Å². The normalized spacial score (nSPS) is 15.2. The van der Waals surface area contributed by atoms with Gasteiger partial charge < -0.3 is 14.5 Å². The molecule has 1 saturated heterocycles. The molecule has 0 aromatic heterocycles. The van der Waals surface area contributed by atoms with Gasteiger partial charge in [-0.2, -0.15) is 0 Å². The number of benzene rings is 1. The van der Waals surface area contributed by atoms with E-state index in [-0.39, 0.29) is 12.0 Å². The molecule has 6 heteroatoms. The van der Waals surface area contributed by atoms with Crippen molar-refractivity contribution in [2.45, 2.75) is 46.1 Å². The second-order valence-corrected chi connectivity index (χ2v) is 8.30. The number of halogens is 1. The fraction of sp³-hybridized carbons (Fsp3) is 0.579. The molecule has 0 aliphatic carbocycles. The summed E-state index contributed by atoms with van der Waals surface area (Å²) < 4.78 is 6.43. The molecule has 0 unspecified atom stereocenters. The first-order valence-corrected chi connectivity index (χ1v) is 9.46. The standard InChI is InChI=1S/C19H27BrN2O3/c1-14-5-6-15(16(20)13-14)7-8-17(23)21-9-11-22(12-10-21)18(24)25-19(2,3)4/h5-6,13H,7-12H2,1-4H3. The molecule has 0 atom stereocenters. The Morgan fingerprint density at radius 3 is 2.28 bits per heavy atom. The van der Waals surface area contributed by atoms with E-state index in [0.717, 1.165) is 10.0 Å². The summed E-state index contributed by atoms with van der Waals surface area (Å²) in [7, 11) is 0. The number of rotatable bonds is 3. The van der Waals surface area contributed by atoms with Crippen molar-refractivity contribution in [3.05, 3.63) is 33.8 Å². The third-order valence-electron chi connectivity index (χ3n) is 4.10. The molecule has 0 radical (unpaired) electrons. The molecule has 5 nitrogen and oxygen atoms in total. The van der Waals surface area contributed by atoms with Crippen molar-refractivity contribution in [1.29, 1.82) is 0 Å². The largest absolute Gasteiger partial charge is 0.444 e. The predicted octanol–water partition coefficient (Wildman–Crippen LogP) is 3.77. The first-order chi connectivity index (χ1) is 11.7. The van der Waals surface area contributed by atoms with Crippen LogP contribution >= 0.6 is 15.9 Å². The smallest absolute Gasteiger partial charge is 0.410 e. The molecule has 1 aromatic carbocycles.